The van der Waals surface area contributed by atoms with Crippen LogP contribution in [0.25, 0.3) is 0 Å². The zero-order valence-corrected chi connectivity index (χ0v) is 10.7. The molecule has 1 heterocycles. The second kappa shape index (κ2) is 6.29. The summed E-state index contributed by atoms with van der Waals surface area (Å²) >= 11 is 0. The van der Waals surface area contributed by atoms with Crippen molar-refractivity contribution in [2.45, 2.75) is 18.9 Å². The minimum Gasteiger partial charge on any atom is -0.481 e. The number of hydrogen-bond donors (Lipinski definition) is 1. The van der Waals surface area contributed by atoms with Crippen LogP contribution < -0.4 is 4.74 Å². The van der Waals surface area contributed by atoms with Crippen LogP contribution in [0.4, 0.5) is 4.39 Å². The molecule has 0 amide bonds. The highest BCUT2D eigenvalue weighted by Crippen LogP contribution is 2.13. The third-order valence-electron chi connectivity index (χ3n) is 2.89. The Labute approximate surface area is 111 Å². The minimum absolute atomic E-state index is 0.283. The maximum Gasteiger partial charge on any atom is 0.212 e. The second-order valence-corrected chi connectivity index (χ2v) is 4.36. The van der Waals surface area contributed by atoms with Gasteiger partial charge >= 0.3 is 0 Å². The fraction of sp³-hybridized carbons (Fsp3) is 0.267. The largest absolute Gasteiger partial charge is 0.481 e. The van der Waals surface area contributed by atoms with Crippen LogP contribution in [-0.2, 0) is 12.8 Å². The Hall–Kier alpha value is -1.94. The molecular weight excluding hydrogens is 245 g/mol. The molecule has 0 spiro atoms. The number of methoxy groups -OCH3 is 1. The van der Waals surface area contributed by atoms with E-state index in [-0.39, 0.29) is 5.82 Å². The number of hydrogen-bond acceptors (Lipinski definition) is 3. The lowest BCUT2D eigenvalue weighted by Crippen LogP contribution is -2.15. The third-order valence-corrected chi connectivity index (χ3v) is 2.89. The lowest BCUT2D eigenvalue weighted by atomic mass is 10.0. The van der Waals surface area contributed by atoms with Gasteiger partial charge in [0.2, 0.25) is 5.88 Å². The molecule has 0 saturated heterocycles. The third kappa shape index (κ3) is 3.76. The van der Waals surface area contributed by atoms with Gasteiger partial charge in [-0.1, -0.05) is 24.3 Å². The van der Waals surface area contributed by atoms with Crippen molar-refractivity contribution in [3.8, 4) is 5.88 Å². The Kier molecular flexibility index (Phi) is 4.47. The van der Waals surface area contributed by atoms with Gasteiger partial charge in [-0.25, -0.2) is 9.37 Å². The van der Waals surface area contributed by atoms with Crippen molar-refractivity contribution < 1.29 is 14.2 Å². The lowest BCUT2D eigenvalue weighted by molar-refractivity contribution is 0.174. The summed E-state index contributed by atoms with van der Waals surface area (Å²) < 4.78 is 18.4. The first kappa shape index (κ1) is 13.5. The van der Waals surface area contributed by atoms with Gasteiger partial charge in [0, 0.05) is 25.1 Å². The molecule has 100 valence electrons. The highest BCUT2D eigenvalue weighted by molar-refractivity contribution is 5.21. The molecule has 0 fully saturated rings. The fourth-order valence-corrected chi connectivity index (χ4v) is 1.91. The molecule has 0 bridgehead atoms. The maximum absolute atomic E-state index is 13.4. The molecule has 4 heteroatoms. The minimum atomic E-state index is -0.632. The van der Waals surface area contributed by atoms with Crippen LogP contribution in [0, 0.1) is 5.82 Å². The predicted octanol–water partition coefficient (Wildman–Crippen LogP) is 2.38. The number of pyridine rings is 1. The molecule has 1 N–H and O–H groups in total. The van der Waals surface area contributed by atoms with Gasteiger partial charge in [-0.3, -0.25) is 0 Å². The quantitative estimate of drug-likeness (QED) is 0.898. The van der Waals surface area contributed by atoms with Crippen molar-refractivity contribution in [2.24, 2.45) is 0 Å². The van der Waals surface area contributed by atoms with Crippen LogP contribution >= 0.6 is 0 Å². The van der Waals surface area contributed by atoms with E-state index in [0.717, 1.165) is 5.56 Å². The van der Waals surface area contributed by atoms with Crippen LogP contribution in [0.2, 0.25) is 0 Å². The van der Waals surface area contributed by atoms with Gasteiger partial charge in [-0.2, -0.15) is 0 Å². The average Bonchev–Trinajstić information content (AvgIpc) is 2.42. The standard InChI is InChI=1S/C15H16FNO2/c1-19-15-7-6-11(10-17-15)8-13(18)9-12-4-2-3-5-14(12)16/h2-7,10,13,18H,8-9H2,1H3. The molecule has 1 aromatic heterocycles. The van der Waals surface area contributed by atoms with E-state index in [4.69, 9.17) is 4.74 Å². The van der Waals surface area contributed by atoms with Gasteiger partial charge in [-0.05, 0) is 17.2 Å². The van der Waals surface area contributed by atoms with Gasteiger partial charge in [0.05, 0.1) is 13.2 Å². The molecule has 0 saturated carbocycles. The Morgan fingerprint density at radius 1 is 1.21 bits per heavy atom. The Balaban J connectivity index is 1.97. The van der Waals surface area contributed by atoms with E-state index in [0.29, 0.717) is 24.3 Å². The molecule has 0 aliphatic carbocycles. The highest BCUT2D eigenvalue weighted by Gasteiger charge is 2.10. The monoisotopic (exact) mass is 261 g/mol. The number of rotatable bonds is 5. The van der Waals surface area contributed by atoms with E-state index in [2.05, 4.69) is 4.98 Å². The molecule has 3 nitrogen and oxygen atoms in total. The van der Waals surface area contributed by atoms with Crippen LogP contribution in [0.5, 0.6) is 5.88 Å². The molecule has 1 unspecified atom stereocenters. The van der Waals surface area contributed by atoms with Crippen molar-refractivity contribution in [1.82, 2.24) is 4.98 Å². The van der Waals surface area contributed by atoms with E-state index < -0.39 is 6.10 Å². The number of aliphatic hydroxyl groups excluding tert-OH is 1. The average molecular weight is 261 g/mol. The normalized spacial score (nSPS) is 12.2. The van der Waals surface area contributed by atoms with Crippen molar-refractivity contribution >= 4 is 0 Å². The molecule has 2 rings (SSSR count). The van der Waals surface area contributed by atoms with Crippen molar-refractivity contribution in [3.05, 3.63) is 59.5 Å². The summed E-state index contributed by atoms with van der Waals surface area (Å²) in [5.41, 5.74) is 1.42. The topological polar surface area (TPSA) is 42.4 Å². The van der Waals surface area contributed by atoms with Gasteiger partial charge in [0.1, 0.15) is 5.82 Å². The van der Waals surface area contributed by atoms with Crippen molar-refractivity contribution in [2.75, 3.05) is 7.11 Å². The number of halogens is 1. The van der Waals surface area contributed by atoms with E-state index in [1.54, 1.807) is 37.6 Å². The van der Waals surface area contributed by atoms with Crippen molar-refractivity contribution in [1.29, 1.82) is 0 Å². The van der Waals surface area contributed by atoms with Gasteiger partial charge in [-0.15, -0.1) is 0 Å². The number of benzene rings is 1. The first-order valence-electron chi connectivity index (χ1n) is 6.09. The summed E-state index contributed by atoms with van der Waals surface area (Å²) in [5.74, 6) is 0.252. The maximum atomic E-state index is 13.4. The number of aliphatic hydroxyl groups is 1. The number of aromatic nitrogens is 1. The molecule has 2 aromatic rings. The zero-order valence-electron chi connectivity index (χ0n) is 10.7. The summed E-state index contributed by atoms with van der Waals surface area (Å²) in [6.07, 6.45) is 1.75. The first-order chi connectivity index (χ1) is 9.19. The number of ether oxygens (including phenoxy) is 1. The van der Waals surface area contributed by atoms with Crippen LogP contribution in [0.3, 0.4) is 0 Å². The van der Waals surface area contributed by atoms with Crippen molar-refractivity contribution in [3.63, 3.8) is 0 Å². The summed E-state index contributed by atoms with van der Waals surface area (Å²) in [6.45, 7) is 0. The van der Waals surface area contributed by atoms with Crippen LogP contribution in [0.15, 0.2) is 42.6 Å². The van der Waals surface area contributed by atoms with Crippen LogP contribution in [0.1, 0.15) is 11.1 Å². The molecule has 0 aliphatic rings. The summed E-state index contributed by atoms with van der Waals surface area (Å²) in [7, 11) is 1.55. The van der Waals surface area contributed by atoms with E-state index in [9.17, 15) is 9.50 Å². The predicted molar refractivity (Wildman–Crippen MR) is 70.6 cm³/mol. The number of nitrogens with zero attached hydrogens (tertiary/aromatic N) is 1. The molecule has 0 aliphatic heterocycles. The molecule has 0 radical (unpaired) electrons. The van der Waals surface area contributed by atoms with E-state index >= 15 is 0 Å². The summed E-state index contributed by atoms with van der Waals surface area (Å²) in [6, 6.07) is 10.1. The molecular formula is C15H16FNO2. The smallest absolute Gasteiger partial charge is 0.212 e. The van der Waals surface area contributed by atoms with Crippen LogP contribution in [-0.4, -0.2) is 23.3 Å². The second-order valence-electron chi connectivity index (χ2n) is 4.36. The Bertz CT molecular complexity index is 528. The van der Waals surface area contributed by atoms with Gasteiger partial charge < -0.3 is 9.84 Å². The SMILES string of the molecule is COc1ccc(CC(O)Cc2ccccc2F)cn1. The Morgan fingerprint density at radius 2 is 2.00 bits per heavy atom. The fourth-order valence-electron chi connectivity index (χ4n) is 1.91. The van der Waals surface area contributed by atoms with E-state index in [1.165, 1.54) is 6.07 Å². The molecule has 1 atom stereocenters. The molecule has 19 heavy (non-hydrogen) atoms. The molecule has 1 aromatic carbocycles. The summed E-state index contributed by atoms with van der Waals surface area (Å²) in [5, 5.41) is 9.98. The van der Waals surface area contributed by atoms with Gasteiger partial charge in [0.15, 0.2) is 0 Å². The Morgan fingerprint density at radius 3 is 2.63 bits per heavy atom. The lowest BCUT2D eigenvalue weighted by Gasteiger charge is -2.11. The van der Waals surface area contributed by atoms with E-state index in [1.807, 2.05) is 6.07 Å². The zero-order chi connectivity index (χ0) is 13.7. The van der Waals surface area contributed by atoms with Gasteiger partial charge in [0.25, 0.3) is 0 Å². The summed E-state index contributed by atoms with van der Waals surface area (Å²) in [4.78, 5) is 4.07. The first-order valence-corrected chi connectivity index (χ1v) is 6.09. The highest BCUT2D eigenvalue weighted by atomic mass is 19.1.